The third-order valence-corrected chi connectivity index (χ3v) is 6.39. The van der Waals surface area contributed by atoms with E-state index in [9.17, 15) is 9.59 Å². The molecule has 5 heteroatoms. The molecule has 112 valence electrons. The molecular weight excluding hydrogens is 274 g/mol. The summed E-state index contributed by atoms with van der Waals surface area (Å²) in [6.07, 6.45) is 7.51. The molecule has 4 rings (SSSR count). The highest BCUT2D eigenvalue weighted by molar-refractivity contribution is 8.01. The molecule has 20 heavy (non-hydrogen) atoms. The SMILES string of the molecule is CC(SCC(=O)NC12CC3CC(CC(C3)C1)C2)C(=O)O. The number of carboxylic acid groups (broad SMARTS) is 1. The van der Waals surface area contributed by atoms with E-state index in [0.717, 1.165) is 37.0 Å². The Bertz CT molecular complexity index is 388. The van der Waals surface area contributed by atoms with Crippen LogP contribution in [0.3, 0.4) is 0 Å². The molecule has 0 aliphatic heterocycles. The molecule has 0 aromatic heterocycles. The molecule has 1 amide bonds. The predicted octanol–water partition coefficient (Wildman–Crippen LogP) is 2.28. The molecule has 4 aliphatic carbocycles. The van der Waals surface area contributed by atoms with Gasteiger partial charge in [-0.3, -0.25) is 9.59 Å². The van der Waals surface area contributed by atoms with Gasteiger partial charge in [0.25, 0.3) is 0 Å². The number of carbonyl (C=O) groups is 2. The number of nitrogens with one attached hydrogen (secondary N) is 1. The first-order valence-corrected chi connectivity index (χ1v) is 8.66. The summed E-state index contributed by atoms with van der Waals surface area (Å²) in [5.41, 5.74) is 0.0405. The summed E-state index contributed by atoms with van der Waals surface area (Å²) < 4.78 is 0. The van der Waals surface area contributed by atoms with Crippen molar-refractivity contribution in [2.45, 2.75) is 56.2 Å². The van der Waals surface area contributed by atoms with Gasteiger partial charge in [0, 0.05) is 5.54 Å². The zero-order valence-electron chi connectivity index (χ0n) is 11.9. The molecule has 4 aliphatic rings. The lowest BCUT2D eigenvalue weighted by atomic mass is 9.53. The second-order valence-electron chi connectivity index (χ2n) is 7.04. The molecule has 0 radical (unpaired) electrons. The van der Waals surface area contributed by atoms with Gasteiger partial charge in [-0.1, -0.05) is 0 Å². The predicted molar refractivity (Wildman–Crippen MR) is 78.6 cm³/mol. The van der Waals surface area contributed by atoms with Crippen LogP contribution >= 0.6 is 11.8 Å². The first-order valence-electron chi connectivity index (χ1n) is 7.61. The maximum Gasteiger partial charge on any atom is 0.316 e. The van der Waals surface area contributed by atoms with Gasteiger partial charge in [-0.25, -0.2) is 0 Å². The normalized spacial score (nSPS) is 39.5. The van der Waals surface area contributed by atoms with Crippen LogP contribution in [0.4, 0.5) is 0 Å². The number of aliphatic carboxylic acids is 1. The van der Waals surface area contributed by atoms with Gasteiger partial charge < -0.3 is 10.4 Å². The molecule has 1 unspecified atom stereocenters. The van der Waals surface area contributed by atoms with Crippen LogP contribution in [0.15, 0.2) is 0 Å². The maximum absolute atomic E-state index is 12.1. The van der Waals surface area contributed by atoms with Gasteiger partial charge >= 0.3 is 5.97 Å². The van der Waals surface area contributed by atoms with Crippen LogP contribution < -0.4 is 5.32 Å². The molecule has 0 saturated heterocycles. The van der Waals surface area contributed by atoms with Crippen LogP contribution in [0, 0.1) is 17.8 Å². The minimum atomic E-state index is -0.849. The Morgan fingerprint density at radius 3 is 2.15 bits per heavy atom. The summed E-state index contributed by atoms with van der Waals surface area (Å²) in [4.78, 5) is 22.9. The van der Waals surface area contributed by atoms with Crippen molar-refractivity contribution < 1.29 is 14.7 Å². The van der Waals surface area contributed by atoms with E-state index in [1.54, 1.807) is 6.92 Å². The van der Waals surface area contributed by atoms with E-state index in [1.165, 1.54) is 31.0 Å². The van der Waals surface area contributed by atoms with Crippen LogP contribution in [-0.2, 0) is 9.59 Å². The van der Waals surface area contributed by atoms with E-state index < -0.39 is 11.2 Å². The number of carbonyl (C=O) groups excluding carboxylic acids is 1. The van der Waals surface area contributed by atoms with Gasteiger partial charge in [-0.2, -0.15) is 0 Å². The van der Waals surface area contributed by atoms with Crippen LogP contribution in [0.2, 0.25) is 0 Å². The van der Waals surface area contributed by atoms with Gasteiger partial charge in [0.15, 0.2) is 0 Å². The minimum Gasteiger partial charge on any atom is -0.480 e. The molecule has 4 bridgehead atoms. The van der Waals surface area contributed by atoms with Crippen LogP contribution in [-0.4, -0.2) is 33.5 Å². The van der Waals surface area contributed by atoms with Gasteiger partial charge in [0.2, 0.25) is 5.91 Å². The van der Waals surface area contributed by atoms with Crippen molar-refractivity contribution in [2.75, 3.05) is 5.75 Å². The van der Waals surface area contributed by atoms with Crippen molar-refractivity contribution in [1.82, 2.24) is 5.32 Å². The quantitative estimate of drug-likeness (QED) is 0.817. The fraction of sp³-hybridized carbons (Fsp3) is 0.867. The average Bonchev–Trinajstić information content (AvgIpc) is 2.33. The number of carboxylic acids is 1. The zero-order valence-corrected chi connectivity index (χ0v) is 12.7. The Morgan fingerprint density at radius 1 is 1.20 bits per heavy atom. The maximum atomic E-state index is 12.1. The van der Waals surface area contributed by atoms with Crippen molar-refractivity contribution >= 4 is 23.6 Å². The van der Waals surface area contributed by atoms with Gasteiger partial charge in [-0.05, 0) is 63.2 Å². The lowest BCUT2D eigenvalue weighted by molar-refractivity contribution is -0.136. The number of thioether (sulfide) groups is 1. The fourth-order valence-corrected chi connectivity index (χ4v) is 5.48. The summed E-state index contributed by atoms with van der Waals surface area (Å²) in [5.74, 6) is 1.86. The molecule has 4 saturated carbocycles. The lowest BCUT2D eigenvalue weighted by Gasteiger charge is -2.56. The Morgan fingerprint density at radius 2 is 1.70 bits per heavy atom. The second-order valence-corrected chi connectivity index (χ2v) is 8.37. The van der Waals surface area contributed by atoms with Gasteiger partial charge in [0.1, 0.15) is 0 Å². The number of hydrogen-bond acceptors (Lipinski definition) is 3. The van der Waals surface area contributed by atoms with E-state index in [1.807, 2.05) is 0 Å². The Hall–Kier alpha value is -0.710. The Balaban J connectivity index is 1.55. The highest BCUT2D eigenvalue weighted by Gasteiger charge is 2.51. The van der Waals surface area contributed by atoms with Crippen molar-refractivity contribution in [1.29, 1.82) is 0 Å². The third-order valence-electron chi connectivity index (χ3n) is 5.26. The van der Waals surface area contributed by atoms with Crippen LogP contribution in [0.25, 0.3) is 0 Å². The molecule has 4 nitrogen and oxygen atoms in total. The number of amides is 1. The molecule has 0 aromatic carbocycles. The summed E-state index contributed by atoms with van der Waals surface area (Å²) in [7, 11) is 0. The Labute approximate surface area is 124 Å². The van der Waals surface area contributed by atoms with E-state index in [4.69, 9.17) is 5.11 Å². The van der Waals surface area contributed by atoms with Crippen LogP contribution in [0.5, 0.6) is 0 Å². The summed E-state index contributed by atoms with van der Waals surface area (Å²) in [5, 5.41) is 11.6. The molecule has 2 N–H and O–H groups in total. The fourth-order valence-electron chi connectivity index (χ4n) is 4.87. The Kier molecular flexibility index (Phi) is 3.73. The molecule has 4 fully saturated rings. The summed E-state index contributed by atoms with van der Waals surface area (Å²) in [6.45, 7) is 1.63. The minimum absolute atomic E-state index is 0.0186. The molecule has 0 heterocycles. The van der Waals surface area contributed by atoms with Crippen molar-refractivity contribution in [3.05, 3.63) is 0 Å². The second kappa shape index (κ2) is 5.24. The lowest BCUT2D eigenvalue weighted by Crippen LogP contribution is -2.60. The van der Waals surface area contributed by atoms with E-state index in [0.29, 0.717) is 0 Å². The first kappa shape index (κ1) is 14.2. The van der Waals surface area contributed by atoms with Crippen molar-refractivity contribution in [3.63, 3.8) is 0 Å². The molecule has 0 aromatic rings. The van der Waals surface area contributed by atoms with E-state index >= 15 is 0 Å². The highest BCUT2D eigenvalue weighted by atomic mass is 32.2. The standard InChI is InChI=1S/C15H23NO3S/c1-9(14(18)19)20-8-13(17)16-15-5-10-2-11(6-15)4-12(3-10)7-15/h9-12H,2-8H2,1H3,(H,16,17)(H,18,19). The smallest absolute Gasteiger partial charge is 0.316 e. The highest BCUT2D eigenvalue weighted by Crippen LogP contribution is 2.55. The van der Waals surface area contributed by atoms with Crippen molar-refractivity contribution in [3.8, 4) is 0 Å². The largest absolute Gasteiger partial charge is 0.480 e. The number of rotatable bonds is 5. The van der Waals surface area contributed by atoms with Crippen molar-refractivity contribution in [2.24, 2.45) is 17.8 Å². The molecule has 0 spiro atoms. The van der Waals surface area contributed by atoms with Crippen LogP contribution in [0.1, 0.15) is 45.4 Å². The summed E-state index contributed by atoms with van der Waals surface area (Å²) >= 11 is 1.21. The van der Waals surface area contributed by atoms with Gasteiger partial charge in [0.05, 0.1) is 11.0 Å². The van der Waals surface area contributed by atoms with Gasteiger partial charge in [-0.15, -0.1) is 11.8 Å². The average molecular weight is 297 g/mol. The molecular formula is C15H23NO3S. The topological polar surface area (TPSA) is 66.4 Å². The third kappa shape index (κ3) is 2.83. The summed E-state index contributed by atoms with van der Waals surface area (Å²) in [6, 6.07) is 0. The van der Waals surface area contributed by atoms with E-state index in [2.05, 4.69) is 5.32 Å². The molecule has 1 atom stereocenters. The number of hydrogen-bond donors (Lipinski definition) is 2. The van der Waals surface area contributed by atoms with E-state index in [-0.39, 0.29) is 17.2 Å². The first-order chi connectivity index (χ1) is 9.46. The zero-order chi connectivity index (χ0) is 14.3. The monoisotopic (exact) mass is 297 g/mol.